The van der Waals surface area contributed by atoms with Crippen molar-refractivity contribution in [3.8, 4) is 5.75 Å². The van der Waals surface area contributed by atoms with Crippen LogP contribution in [-0.2, 0) is 4.74 Å². The van der Waals surface area contributed by atoms with Gasteiger partial charge in [-0.05, 0) is 42.3 Å². The average molecular weight is 273 g/mol. The van der Waals surface area contributed by atoms with E-state index in [0.717, 1.165) is 12.0 Å². The van der Waals surface area contributed by atoms with Crippen molar-refractivity contribution in [3.05, 3.63) is 54.1 Å². The zero-order chi connectivity index (χ0) is 15.0. The van der Waals surface area contributed by atoms with Crippen molar-refractivity contribution in [2.24, 2.45) is 0 Å². The van der Waals surface area contributed by atoms with Gasteiger partial charge in [-0.1, -0.05) is 19.6 Å². The van der Waals surface area contributed by atoms with Crippen LogP contribution in [0.4, 0.5) is 0 Å². The fraction of sp³-hybridized carbons (Fsp3) is 0.250. The van der Waals surface area contributed by atoms with Crippen LogP contribution in [-0.4, -0.2) is 25.4 Å². The molecule has 106 valence electrons. The van der Waals surface area contributed by atoms with E-state index in [1.54, 1.807) is 30.3 Å². The molecule has 0 fully saturated rings. The molecule has 1 aromatic rings. The number of hydrogen-bond donors (Lipinski definition) is 1. The van der Waals surface area contributed by atoms with Gasteiger partial charge in [0.05, 0.1) is 18.4 Å². The summed E-state index contributed by atoms with van der Waals surface area (Å²) in [7, 11) is 1.34. The first-order valence-electron chi connectivity index (χ1n) is 6.32. The zero-order valence-corrected chi connectivity index (χ0v) is 11.8. The number of methoxy groups -OCH3 is 1. The minimum absolute atomic E-state index is 0.355. The second-order valence-corrected chi connectivity index (χ2v) is 4.12. The quantitative estimate of drug-likeness (QED) is 0.612. The van der Waals surface area contributed by atoms with Crippen LogP contribution in [0.2, 0.25) is 0 Å². The summed E-state index contributed by atoms with van der Waals surface area (Å²) in [6.45, 7) is 5.91. The molecule has 1 N–H and O–H groups in total. The van der Waals surface area contributed by atoms with Crippen molar-refractivity contribution < 1.29 is 14.3 Å². The minimum atomic E-state index is -0.393. The molecule has 0 aliphatic rings. The van der Waals surface area contributed by atoms with E-state index in [9.17, 15) is 4.79 Å². The SMILES string of the molecule is C=CC(=N)/C=C(\CC)COc1cccc(C(=O)OC)c1. The molecule has 0 aliphatic heterocycles. The smallest absolute Gasteiger partial charge is 0.337 e. The second-order valence-electron chi connectivity index (χ2n) is 4.12. The molecule has 4 heteroatoms. The van der Waals surface area contributed by atoms with E-state index in [1.165, 1.54) is 13.2 Å². The fourth-order valence-electron chi connectivity index (χ4n) is 1.53. The lowest BCUT2D eigenvalue weighted by Gasteiger charge is -2.09. The molecule has 4 nitrogen and oxygen atoms in total. The summed E-state index contributed by atoms with van der Waals surface area (Å²) in [6, 6.07) is 6.82. The van der Waals surface area contributed by atoms with Crippen LogP contribution in [0.15, 0.2) is 48.6 Å². The molecular formula is C16H19NO3. The summed E-state index contributed by atoms with van der Waals surface area (Å²) >= 11 is 0. The molecule has 0 heterocycles. The topological polar surface area (TPSA) is 59.4 Å². The van der Waals surface area contributed by atoms with Crippen molar-refractivity contribution in [2.75, 3.05) is 13.7 Å². The maximum absolute atomic E-state index is 11.4. The summed E-state index contributed by atoms with van der Waals surface area (Å²) in [5, 5.41) is 7.56. The average Bonchev–Trinajstić information content (AvgIpc) is 2.50. The van der Waals surface area contributed by atoms with Gasteiger partial charge in [-0.15, -0.1) is 0 Å². The number of carbonyl (C=O) groups excluding carboxylic acids is 1. The van der Waals surface area contributed by atoms with E-state index in [4.69, 9.17) is 10.1 Å². The summed E-state index contributed by atoms with van der Waals surface area (Å²) < 4.78 is 10.3. The maximum atomic E-state index is 11.4. The van der Waals surface area contributed by atoms with Crippen LogP contribution >= 0.6 is 0 Å². The Balaban J connectivity index is 2.74. The molecular weight excluding hydrogens is 254 g/mol. The van der Waals surface area contributed by atoms with Gasteiger partial charge in [0.25, 0.3) is 0 Å². The van der Waals surface area contributed by atoms with Gasteiger partial charge in [0.15, 0.2) is 0 Å². The Labute approximate surface area is 119 Å². The molecule has 0 unspecified atom stereocenters. The third-order valence-corrected chi connectivity index (χ3v) is 2.71. The van der Waals surface area contributed by atoms with Crippen LogP contribution < -0.4 is 4.74 Å². The molecule has 0 radical (unpaired) electrons. The van der Waals surface area contributed by atoms with Crippen molar-refractivity contribution in [2.45, 2.75) is 13.3 Å². The monoisotopic (exact) mass is 273 g/mol. The molecule has 0 spiro atoms. The Hall–Kier alpha value is -2.36. The third-order valence-electron chi connectivity index (χ3n) is 2.71. The predicted octanol–water partition coefficient (Wildman–Crippen LogP) is 3.39. The number of rotatable bonds is 7. The van der Waals surface area contributed by atoms with Gasteiger partial charge in [0.2, 0.25) is 0 Å². The largest absolute Gasteiger partial charge is 0.489 e. The molecule has 1 rings (SSSR count). The molecule has 0 atom stereocenters. The number of esters is 1. The van der Waals surface area contributed by atoms with Crippen molar-refractivity contribution in [1.29, 1.82) is 5.41 Å². The molecule has 1 aromatic carbocycles. The number of carbonyl (C=O) groups is 1. The van der Waals surface area contributed by atoms with E-state index in [0.29, 0.717) is 23.6 Å². The lowest BCUT2D eigenvalue weighted by Crippen LogP contribution is -2.05. The lowest BCUT2D eigenvalue weighted by molar-refractivity contribution is 0.0600. The normalized spacial score (nSPS) is 10.8. The molecule has 0 saturated carbocycles. The minimum Gasteiger partial charge on any atom is -0.489 e. The van der Waals surface area contributed by atoms with Crippen LogP contribution in [0, 0.1) is 5.41 Å². The molecule has 0 bridgehead atoms. The summed E-state index contributed by atoms with van der Waals surface area (Å²) in [5.41, 5.74) is 1.79. The first-order valence-corrected chi connectivity index (χ1v) is 6.32. The third kappa shape index (κ3) is 4.72. The van der Waals surface area contributed by atoms with E-state index in [-0.39, 0.29) is 0 Å². The predicted molar refractivity (Wildman–Crippen MR) is 79.6 cm³/mol. The van der Waals surface area contributed by atoms with Gasteiger partial charge in [0, 0.05) is 0 Å². The van der Waals surface area contributed by atoms with Crippen LogP contribution in [0.1, 0.15) is 23.7 Å². The zero-order valence-electron chi connectivity index (χ0n) is 11.8. The Bertz CT molecular complexity index is 532. The number of hydrogen-bond acceptors (Lipinski definition) is 4. The van der Waals surface area contributed by atoms with Gasteiger partial charge in [-0.3, -0.25) is 0 Å². The van der Waals surface area contributed by atoms with Crippen molar-refractivity contribution in [3.63, 3.8) is 0 Å². The van der Waals surface area contributed by atoms with E-state index in [1.807, 2.05) is 6.92 Å². The first kappa shape index (κ1) is 15.7. The highest BCUT2D eigenvalue weighted by atomic mass is 16.5. The van der Waals surface area contributed by atoms with Gasteiger partial charge < -0.3 is 14.9 Å². The van der Waals surface area contributed by atoms with Crippen LogP contribution in [0.5, 0.6) is 5.75 Å². The Kier molecular flexibility index (Phi) is 6.23. The molecule has 0 saturated heterocycles. The maximum Gasteiger partial charge on any atom is 0.337 e. The second kappa shape index (κ2) is 7.94. The highest BCUT2D eigenvalue weighted by Crippen LogP contribution is 2.15. The molecule has 0 aromatic heterocycles. The van der Waals surface area contributed by atoms with E-state index in [2.05, 4.69) is 11.3 Å². The molecule has 0 aliphatic carbocycles. The van der Waals surface area contributed by atoms with E-state index < -0.39 is 5.97 Å². The number of ether oxygens (including phenoxy) is 2. The Morgan fingerprint density at radius 3 is 2.80 bits per heavy atom. The van der Waals surface area contributed by atoms with Gasteiger partial charge >= 0.3 is 5.97 Å². The Morgan fingerprint density at radius 1 is 1.45 bits per heavy atom. The highest BCUT2D eigenvalue weighted by molar-refractivity contribution is 6.01. The number of nitrogens with one attached hydrogen (secondary N) is 1. The van der Waals surface area contributed by atoms with Gasteiger partial charge in [-0.25, -0.2) is 4.79 Å². The van der Waals surface area contributed by atoms with Crippen LogP contribution in [0.25, 0.3) is 0 Å². The Morgan fingerprint density at radius 2 is 2.20 bits per heavy atom. The standard InChI is InChI=1S/C16H19NO3/c1-4-12(9-14(17)5-2)11-20-15-8-6-7-13(10-15)16(18)19-3/h5-10,17H,2,4,11H2,1,3H3/b12-9+,17-14?. The van der Waals surface area contributed by atoms with Crippen molar-refractivity contribution in [1.82, 2.24) is 0 Å². The highest BCUT2D eigenvalue weighted by Gasteiger charge is 2.06. The first-order chi connectivity index (χ1) is 9.60. The van der Waals surface area contributed by atoms with E-state index >= 15 is 0 Å². The summed E-state index contributed by atoms with van der Waals surface area (Å²) in [6.07, 6.45) is 4.00. The van der Waals surface area contributed by atoms with Crippen molar-refractivity contribution >= 4 is 11.7 Å². The van der Waals surface area contributed by atoms with Crippen LogP contribution in [0.3, 0.4) is 0 Å². The van der Waals surface area contributed by atoms with Gasteiger partial charge in [-0.2, -0.15) is 0 Å². The van der Waals surface area contributed by atoms with Gasteiger partial charge in [0.1, 0.15) is 12.4 Å². The molecule has 20 heavy (non-hydrogen) atoms. The lowest BCUT2D eigenvalue weighted by atomic mass is 10.1. The summed E-state index contributed by atoms with van der Waals surface area (Å²) in [5.74, 6) is 0.201. The molecule has 0 amide bonds. The number of allylic oxidation sites excluding steroid dienone is 2. The fourth-order valence-corrected chi connectivity index (χ4v) is 1.53. The number of benzene rings is 1. The summed E-state index contributed by atoms with van der Waals surface area (Å²) in [4.78, 5) is 11.4.